The Morgan fingerprint density at radius 1 is 1.33 bits per heavy atom. The van der Waals surface area contributed by atoms with Gasteiger partial charge in [0, 0.05) is 22.4 Å². The second-order valence-electron chi connectivity index (χ2n) is 3.70. The van der Waals surface area contributed by atoms with Gasteiger partial charge in [-0.2, -0.15) is 4.98 Å². The highest BCUT2D eigenvalue weighted by molar-refractivity contribution is 14.1. The minimum Gasteiger partial charge on any atom is -0.439 e. The molecule has 1 aromatic heterocycles. The molecule has 0 spiro atoms. The molecule has 0 unspecified atom stereocenters. The van der Waals surface area contributed by atoms with Crippen molar-refractivity contribution in [1.29, 1.82) is 0 Å². The Balaban J connectivity index is 2.09. The Morgan fingerprint density at radius 3 is 3.00 bits per heavy atom. The first kappa shape index (κ1) is 13.1. The van der Waals surface area contributed by atoms with Crippen LogP contribution < -0.4 is 10.1 Å². The van der Waals surface area contributed by atoms with Crippen molar-refractivity contribution in [2.45, 2.75) is 13.3 Å². The highest BCUT2D eigenvalue weighted by atomic mass is 127. The van der Waals surface area contributed by atoms with E-state index < -0.39 is 0 Å². The van der Waals surface area contributed by atoms with E-state index in [0.29, 0.717) is 11.8 Å². The summed E-state index contributed by atoms with van der Waals surface area (Å²) in [4.78, 5) is 8.42. The zero-order chi connectivity index (χ0) is 12.8. The molecule has 0 fully saturated rings. The van der Waals surface area contributed by atoms with E-state index in [1.807, 2.05) is 24.3 Å². The van der Waals surface area contributed by atoms with E-state index in [1.54, 1.807) is 12.3 Å². The molecule has 2 aromatic rings. The van der Waals surface area contributed by atoms with Crippen LogP contribution in [0.2, 0.25) is 0 Å². The monoisotopic (exact) mass is 355 g/mol. The molecule has 1 heterocycles. The lowest BCUT2D eigenvalue weighted by atomic mass is 10.3. The summed E-state index contributed by atoms with van der Waals surface area (Å²) in [5, 5.41) is 3.13. The third kappa shape index (κ3) is 3.83. The largest absolute Gasteiger partial charge is 0.439 e. The molecule has 5 heteroatoms. The van der Waals surface area contributed by atoms with Gasteiger partial charge in [-0.05, 0) is 47.2 Å². The first-order valence-electron chi connectivity index (χ1n) is 5.78. The van der Waals surface area contributed by atoms with Gasteiger partial charge in [0.15, 0.2) is 0 Å². The summed E-state index contributed by atoms with van der Waals surface area (Å²) in [5.74, 6) is 1.92. The van der Waals surface area contributed by atoms with Crippen molar-refractivity contribution in [1.82, 2.24) is 9.97 Å². The molecule has 1 N–H and O–H groups in total. The van der Waals surface area contributed by atoms with Gasteiger partial charge in [0.05, 0.1) is 0 Å². The number of aromatic nitrogens is 2. The van der Waals surface area contributed by atoms with Crippen LogP contribution in [0.1, 0.15) is 13.3 Å². The molecule has 0 radical (unpaired) electrons. The Kier molecular flexibility index (Phi) is 4.74. The third-order valence-corrected chi connectivity index (χ3v) is 2.85. The van der Waals surface area contributed by atoms with Crippen LogP contribution in [0.4, 0.5) is 5.95 Å². The smallest absolute Gasteiger partial charge is 0.225 e. The van der Waals surface area contributed by atoms with Crippen LogP contribution in [0.15, 0.2) is 36.5 Å². The van der Waals surface area contributed by atoms with E-state index >= 15 is 0 Å². The maximum Gasteiger partial charge on any atom is 0.225 e. The van der Waals surface area contributed by atoms with E-state index in [0.717, 1.165) is 22.3 Å². The van der Waals surface area contributed by atoms with Crippen molar-refractivity contribution in [3.05, 3.63) is 40.1 Å². The number of rotatable bonds is 5. The van der Waals surface area contributed by atoms with Gasteiger partial charge < -0.3 is 10.1 Å². The molecular weight excluding hydrogens is 341 g/mol. The van der Waals surface area contributed by atoms with Crippen LogP contribution in [-0.2, 0) is 0 Å². The van der Waals surface area contributed by atoms with Gasteiger partial charge in [0.2, 0.25) is 11.8 Å². The molecule has 0 aliphatic carbocycles. The minimum atomic E-state index is 0.547. The van der Waals surface area contributed by atoms with Crippen molar-refractivity contribution in [2.75, 3.05) is 11.9 Å². The molecule has 0 bridgehead atoms. The van der Waals surface area contributed by atoms with Gasteiger partial charge in [-0.1, -0.05) is 13.0 Å². The zero-order valence-corrected chi connectivity index (χ0v) is 12.2. The predicted molar refractivity (Wildman–Crippen MR) is 80.0 cm³/mol. The summed E-state index contributed by atoms with van der Waals surface area (Å²) >= 11 is 2.25. The quantitative estimate of drug-likeness (QED) is 0.831. The van der Waals surface area contributed by atoms with Crippen LogP contribution in [0.3, 0.4) is 0 Å². The lowest BCUT2D eigenvalue weighted by Crippen LogP contribution is -2.04. The van der Waals surface area contributed by atoms with E-state index in [2.05, 4.69) is 44.8 Å². The molecule has 0 saturated carbocycles. The SMILES string of the molecule is CCCNc1nccc(Oc2cccc(I)c2)n1. The molecule has 0 saturated heterocycles. The second kappa shape index (κ2) is 6.53. The molecule has 94 valence electrons. The first-order valence-corrected chi connectivity index (χ1v) is 6.86. The summed E-state index contributed by atoms with van der Waals surface area (Å²) in [6.45, 7) is 2.95. The fraction of sp³-hybridized carbons (Fsp3) is 0.231. The van der Waals surface area contributed by atoms with E-state index in [-0.39, 0.29) is 0 Å². The number of nitrogens with one attached hydrogen (secondary N) is 1. The molecular formula is C13H14IN3O. The van der Waals surface area contributed by atoms with Crippen LogP contribution in [0, 0.1) is 3.57 Å². The maximum atomic E-state index is 5.68. The van der Waals surface area contributed by atoms with Gasteiger partial charge in [-0.15, -0.1) is 0 Å². The maximum absolute atomic E-state index is 5.68. The van der Waals surface area contributed by atoms with Crippen molar-refractivity contribution < 1.29 is 4.74 Å². The highest BCUT2D eigenvalue weighted by Crippen LogP contribution is 2.21. The summed E-state index contributed by atoms with van der Waals surface area (Å²) in [5.41, 5.74) is 0. The highest BCUT2D eigenvalue weighted by Gasteiger charge is 2.01. The lowest BCUT2D eigenvalue weighted by Gasteiger charge is -2.07. The van der Waals surface area contributed by atoms with Gasteiger partial charge in [0.1, 0.15) is 5.75 Å². The fourth-order valence-electron chi connectivity index (χ4n) is 1.37. The van der Waals surface area contributed by atoms with Crippen LogP contribution >= 0.6 is 22.6 Å². The molecule has 1 aromatic carbocycles. The fourth-order valence-corrected chi connectivity index (χ4v) is 1.89. The van der Waals surface area contributed by atoms with E-state index in [9.17, 15) is 0 Å². The van der Waals surface area contributed by atoms with Gasteiger partial charge in [0.25, 0.3) is 0 Å². The summed E-state index contributed by atoms with van der Waals surface area (Å²) in [6, 6.07) is 9.58. The van der Waals surface area contributed by atoms with Gasteiger partial charge >= 0.3 is 0 Å². The summed E-state index contributed by atoms with van der Waals surface area (Å²) < 4.78 is 6.81. The Labute approximate surface area is 120 Å². The van der Waals surface area contributed by atoms with Crippen LogP contribution in [0.5, 0.6) is 11.6 Å². The Morgan fingerprint density at radius 2 is 2.22 bits per heavy atom. The number of nitrogens with zero attached hydrogens (tertiary/aromatic N) is 2. The van der Waals surface area contributed by atoms with Crippen molar-refractivity contribution in [2.24, 2.45) is 0 Å². The standard InChI is InChI=1S/C13H14IN3O/c1-2-7-15-13-16-8-6-12(17-13)18-11-5-3-4-10(14)9-11/h3-6,8-9H,2,7H2,1H3,(H,15,16,17). The number of benzene rings is 1. The van der Waals surface area contributed by atoms with E-state index in [1.165, 1.54) is 0 Å². The number of hydrogen-bond acceptors (Lipinski definition) is 4. The van der Waals surface area contributed by atoms with Gasteiger partial charge in [-0.25, -0.2) is 4.98 Å². The summed E-state index contributed by atoms with van der Waals surface area (Å²) in [6.07, 6.45) is 2.72. The number of halogens is 1. The normalized spacial score (nSPS) is 10.1. The van der Waals surface area contributed by atoms with Crippen LogP contribution in [0.25, 0.3) is 0 Å². The minimum absolute atomic E-state index is 0.547. The van der Waals surface area contributed by atoms with Crippen molar-refractivity contribution >= 4 is 28.5 Å². The second-order valence-corrected chi connectivity index (χ2v) is 4.95. The van der Waals surface area contributed by atoms with Crippen LogP contribution in [-0.4, -0.2) is 16.5 Å². The Bertz CT molecular complexity index is 519. The molecule has 0 aliphatic heterocycles. The zero-order valence-electron chi connectivity index (χ0n) is 10.1. The average molecular weight is 355 g/mol. The molecule has 4 nitrogen and oxygen atoms in total. The Hall–Kier alpha value is -1.37. The summed E-state index contributed by atoms with van der Waals surface area (Å²) in [7, 11) is 0. The average Bonchev–Trinajstić information content (AvgIpc) is 2.37. The molecule has 2 rings (SSSR count). The van der Waals surface area contributed by atoms with Crippen molar-refractivity contribution in [3.8, 4) is 11.6 Å². The number of anilines is 1. The molecule has 0 amide bonds. The van der Waals surface area contributed by atoms with E-state index in [4.69, 9.17) is 4.74 Å². The predicted octanol–water partition coefficient (Wildman–Crippen LogP) is 3.70. The lowest BCUT2D eigenvalue weighted by molar-refractivity contribution is 0.462. The topological polar surface area (TPSA) is 47.0 Å². The van der Waals surface area contributed by atoms with Gasteiger partial charge in [-0.3, -0.25) is 0 Å². The molecule has 0 atom stereocenters. The third-order valence-electron chi connectivity index (χ3n) is 2.18. The first-order chi connectivity index (χ1) is 8.78. The molecule has 18 heavy (non-hydrogen) atoms. The molecule has 0 aliphatic rings. The number of hydrogen-bond donors (Lipinski definition) is 1. The number of ether oxygens (including phenoxy) is 1. The van der Waals surface area contributed by atoms with Crippen molar-refractivity contribution in [3.63, 3.8) is 0 Å².